The summed E-state index contributed by atoms with van der Waals surface area (Å²) in [6.45, 7) is 3.90. The van der Waals surface area contributed by atoms with Crippen molar-refractivity contribution in [2.75, 3.05) is 40.4 Å². The summed E-state index contributed by atoms with van der Waals surface area (Å²) in [5.74, 6) is 0. The van der Waals surface area contributed by atoms with Crippen LogP contribution in [0.1, 0.15) is 45.4 Å². The quantitative estimate of drug-likeness (QED) is 0.721. The lowest BCUT2D eigenvalue weighted by atomic mass is 10.2. The maximum atomic E-state index is 14.2. The number of nitrogens with zero attached hydrogens (tertiary/aromatic N) is 2. The molecule has 2 saturated heterocycles. The lowest BCUT2D eigenvalue weighted by Gasteiger charge is -2.49. The molecule has 7 nitrogen and oxygen atoms in total. The van der Waals surface area contributed by atoms with Crippen molar-refractivity contribution in [2.45, 2.75) is 50.5 Å². The molecule has 1 unspecified atom stereocenters. The number of hydrogen-bond donors (Lipinski definition) is 1. The van der Waals surface area contributed by atoms with Crippen LogP contribution in [-0.2, 0) is 18.2 Å². The summed E-state index contributed by atoms with van der Waals surface area (Å²) in [5, 5.41) is 9.14. The van der Waals surface area contributed by atoms with Crippen LogP contribution >= 0.6 is 15.0 Å². The largest absolute Gasteiger partial charge is 0.371 e. The van der Waals surface area contributed by atoms with E-state index in [1.165, 1.54) is 21.1 Å². The van der Waals surface area contributed by atoms with E-state index in [1.54, 1.807) is 0 Å². The van der Waals surface area contributed by atoms with Gasteiger partial charge in [0.25, 0.3) is 7.44 Å². The van der Waals surface area contributed by atoms with Gasteiger partial charge in [0.15, 0.2) is 0 Å². The van der Waals surface area contributed by atoms with Crippen molar-refractivity contribution in [1.82, 2.24) is 9.34 Å². The van der Waals surface area contributed by atoms with Gasteiger partial charge in [-0.15, -0.1) is 0 Å². The zero-order chi connectivity index (χ0) is 17.1. The van der Waals surface area contributed by atoms with Crippen LogP contribution in [0.5, 0.6) is 0 Å². The Morgan fingerprint density at radius 3 is 1.48 bits per heavy atom. The molecule has 0 aromatic rings. The zero-order valence-electron chi connectivity index (χ0n) is 14.4. The van der Waals surface area contributed by atoms with Crippen LogP contribution in [0.2, 0.25) is 0 Å². The minimum atomic E-state index is -3.93. The predicted octanol–water partition coefficient (Wildman–Crippen LogP) is 3.30. The molecule has 1 atom stereocenters. The topological polar surface area (TPSA) is 79.3 Å². The highest BCUT2D eigenvalue weighted by atomic mass is 31.2. The van der Waals surface area contributed by atoms with Crippen molar-refractivity contribution in [1.29, 1.82) is 0 Å². The van der Waals surface area contributed by atoms with E-state index in [4.69, 9.17) is 9.05 Å². The highest BCUT2D eigenvalue weighted by Gasteiger charge is 2.63. The van der Waals surface area contributed by atoms with Crippen molar-refractivity contribution in [2.24, 2.45) is 0 Å². The van der Waals surface area contributed by atoms with E-state index in [0.717, 1.165) is 38.5 Å². The third-order valence-corrected chi connectivity index (χ3v) is 11.9. The Bertz CT molecular complexity index is 458. The highest BCUT2D eigenvalue weighted by Crippen LogP contribution is 2.77. The first-order valence-corrected chi connectivity index (χ1v) is 11.5. The SMILES string of the molecule is COP(=O)(OC)C(C)(O)P(=O)(N1CCCCC1)N1CCCCC1. The molecule has 0 saturated carbocycles. The third kappa shape index (κ3) is 3.35. The Balaban J connectivity index is 2.47. The summed E-state index contributed by atoms with van der Waals surface area (Å²) in [7, 11) is -4.99. The second-order valence-corrected chi connectivity index (χ2v) is 12.4. The second kappa shape index (κ2) is 7.65. The molecule has 1 N–H and O–H groups in total. The number of rotatable bonds is 6. The molecule has 0 amide bonds. The number of aliphatic hydroxyl groups is 1. The average molecular weight is 368 g/mol. The van der Waals surface area contributed by atoms with Gasteiger partial charge in [-0.2, -0.15) is 0 Å². The normalized spacial score (nSPS) is 25.2. The predicted molar refractivity (Wildman–Crippen MR) is 90.7 cm³/mol. The van der Waals surface area contributed by atoms with Crippen LogP contribution in [0.3, 0.4) is 0 Å². The molecule has 2 rings (SSSR count). The Labute approximate surface area is 139 Å². The van der Waals surface area contributed by atoms with Gasteiger partial charge in [-0.3, -0.25) is 9.13 Å². The van der Waals surface area contributed by atoms with Crippen molar-refractivity contribution in [3.05, 3.63) is 0 Å². The van der Waals surface area contributed by atoms with E-state index >= 15 is 0 Å². The zero-order valence-corrected chi connectivity index (χ0v) is 16.2. The van der Waals surface area contributed by atoms with Crippen LogP contribution in [0.4, 0.5) is 0 Å². The minimum Gasteiger partial charge on any atom is -0.369 e. The second-order valence-electron chi connectivity index (χ2n) is 6.41. The molecule has 136 valence electrons. The summed E-state index contributed by atoms with van der Waals surface area (Å²) in [4.78, 5) is 0. The van der Waals surface area contributed by atoms with E-state index in [1.807, 2.05) is 9.34 Å². The molecular weight excluding hydrogens is 338 g/mol. The third-order valence-electron chi connectivity index (χ3n) is 4.98. The Morgan fingerprint density at radius 1 is 0.826 bits per heavy atom. The van der Waals surface area contributed by atoms with E-state index < -0.39 is 20.1 Å². The molecule has 23 heavy (non-hydrogen) atoms. The summed E-state index contributed by atoms with van der Waals surface area (Å²) >= 11 is 0. The van der Waals surface area contributed by atoms with E-state index in [0.29, 0.717) is 26.2 Å². The fourth-order valence-corrected chi connectivity index (χ4v) is 10.0. The van der Waals surface area contributed by atoms with Gasteiger partial charge in [0.05, 0.1) is 0 Å². The van der Waals surface area contributed by atoms with E-state index in [2.05, 4.69) is 0 Å². The van der Waals surface area contributed by atoms with Gasteiger partial charge < -0.3 is 14.2 Å². The standard InChI is InChI=1S/C14H30N2O5P2/c1-14(17,23(19,20-2)21-3)22(18,15-10-6-4-7-11-15)16-12-8-5-9-13-16/h17H,4-13H2,1-3H3. The lowest BCUT2D eigenvalue weighted by molar-refractivity contribution is 0.129. The molecule has 0 radical (unpaired) electrons. The molecule has 0 aromatic heterocycles. The van der Waals surface area contributed by atoms with Gasteiger partial charge >= 0.3 is 7.60 Å². The lowest BCUT2D eigenvalue weighted by Crippen LogP contribution is -2.46. The van der Waals surface area contributed by atoms with Crippen molar-refractivity contribution >= 4 is 15.0 Å². The first kappa shape index (κ1) is 19.6. The van der Waals surface area contributed by atoms with Gasteiger partial charge in [0.1, 0.15) is 0 Å². The van der Waals surface area contributed by atoms with Gasteiger partial charge in [-0.05, 0) is 32.6 Å². The smallest absolute Gasteiger partial charge is 0.369 e. The van der Waals surface area contributed by atoms with Crippen LogP contribution < -0.4 is 0 Å². The van der Waals surface area contributed by atoms with Crippen LogP contribution in [0.25, 0.3) is 0 Å². The van der Waals surface area contributed by atoms with Crippen molar-refractivity contribution < 1.29 is 23.3 Å². The summed E-state index contributed by atoms with van der Waals surface area (Å²) in [6, 6.07) is 0. The molecule has 0 bridgehead atoms. The van der Waals surface area contributed by atoms with Crippen LogP contribution in [0.15, 0.2) is 0 Å². The molecule has 9 heteroatoms. The van der Waals surface area contributed by atoms with Crippen molar-refractivity contribution in [3.8, 4) is 0 Å². The fraction of sp³-hybridized carbons (Fsp3) is 1.00. The maximum absolute atomic E-state index is 14.2. The average Bonchev–Trinajstić information content (AvgIpc) is 2.61. The first-order chi connectivity index (χ1) is 10.8. The summed E-state index contributed by atoms with van der Waals surface area (Å²) < 4.78 is 40.9. The summed E-state index contributed by atoms with van der Waals surface area (Å²) in [5.41, 5.74) is 0. The first-order valence-electron chi connectivity index (χ1n) is 8.38. The molecule has 2 heterocycles. The molecule has 2 fully saturated rings. The Kier molecular flexibility index (Phi) is 6.52. The molecule has 0 aliphatic carbocycles. The van der Waals surface area contributed by atoms with E-state index in [-0.39, 0.29) is 0 Å². The van der Waals surface area contributed by atoms with Gasteiger partial charge in [-0.1, -0.05) is 12.8 Å². The van der Waals surface area contributed by atoms with Gasteiger partial charge in [-0.25, -0.2) is 9.34 Å². The van der Waals surface area contributed by atoms with Crippen LogP contribution in [-0.4, -0.2) is 59.9 Å². The molecule has 2 aliphatic heterocycles. The molecule has 2 aliphatic rings. The fourth-order valence-electron chi connectivity index (χ4n) is 3.59. The molecule has 0 aromatic carbocycles. The monoisotopic (exact) mass is 368 g/mol. The minimum absolute atomic E-state index is 0.636. The number of piperidine rings is 2. The number of hydrogen-bond acceptors (Lipinski definition) is 5. The molecule has 0 spiro atoms. The highest BCUT2D eigenvalue weighted by molar-refractivity contribution is 7.76. The van der Waals surface area contributed by atoms with Crippen LogP contribution in [0, 0.1) is 0 Å². The van der Waals surface area contributed by atoms with Gasteiger partial charge in [0, 0.05) is 40.4 Å². The maximum Gasteiger partial charge on any atom is 0.371 e. The Morgan fingerprint density at radius 2 is 1.17 bits per heavy atom. The molecular formula is C14H30N2O5P2. The summed E-state index contributed by atoms with van der Waals surface area (Å²) in [6.07, 6.45) is 5.89. The van der Waals surface area contributed by atoms with E-state index in [9.17, 15) is 14.2 Å². The van der Waals surface area contributed by atoms with Gasteiger partial charge in [0.2, 0.25) is 5.08 Å². The van der Waals surface area contributed by atoms with Crippen molar-refractivity contribution in [3.63, 3.8) is 0 Å². The Hall–Kier alpha value is 0.260.